The Morgan fingerprint density at radius 3 is 2.50 bits per heavy atom. The number of nitrogens with two attached hydrogens (primary N) is 1. The molecule has 0 fully saturated rings. The van der Waals surface area contributed by atoms with Crippen molar-refractivity contribution in [3.63, 3.8) is 0 Å². The fourth-order valence-electron chi connectivity index (χ4n) is 3.40. The highest BCUT2D eigenvalue weighted by atomic mass is 16.1. The molecule has 0 radical (unpaired) electrons. The van der Waals surface area contributed by atoms with E-state index in [1.54, 1.807) is 18.6 Å². The number of nitrogens with zero attached hydrogens (tertiary/aromatic N) is 5. The number of benzene rings is 2. The van der Waals surface area contributed by atoms with Crippen LogP contribution >= 0.6 is 0 Å². The van der Waals surface area contributed by atoms with Crippen LogP contribution in [-0.2, 0) is 0 Å². The number of pyridine rings is 1. The number of para-hydroxylation sites is 2. The summed E-state index contributed by atoms with van der Waals surface area (Å²) in [6, 6.07) is 18.6. The summed E-state index contributed by atoms with van der Waals surface area (Å²) in [5, 5.41) is 7.37. The number of nitrogens with one attached hydrogen (secondary N) is 1. The SMILES string of the molecule is Cc1ccc(NC(=O)c2c(N)n(/N=C/c3cccnc3)c3nc4ccccc4nc23)cc1. The first-order valence-electron chi connectivity index (χ1n) is 9.99. The molecule has 5 aromatic rings. The summed E-state index contributed by atoms with van der Waals surface area (Å²) in [4.78, 5) is 26.7. The van der Waals surface area contributed by atoms with Crippen LogP contribution in [0, 0.1) is 6.92 Å². The van der Waals surface area contributed by atoms with Crippen LogP contribution in [-0.4, -0.2) is 31.7 Å². The molecule has 0 saturated carbocycles. The van der Waals surface area contributed by atoms with Crippen LogP contribution in [0.4, 0.5) is 11.5 Å². The Bertz CT molecular complexity index is 1470. The van der Waals surface area contributed by atoms with Crippen molar-refractivity contribution in [3.8, 4) is 0 Å². The molecule has 0 unspecified atom stereocenters. The molecule has 0 bridgehead atoms. The third-order valence-electron chi connectivity index (χ3n) is 5.02. The molecule has 0 atom stereocenters. The molecule has 156 valence electrons. The van der Waals surface area contributed by atoms with E-state index in [2.05, 4.69) is 25.4 Å². The number of aromatic nitrogens is 4. The summed E-state index contributed by atoms with van der Waals surface area (Å²) in [6.07, 6.45) is 4.97. The highest BCUT2D eigenvalue weighted by Crippen LogP contribution is 2.28. The largest absolute Gasteiger partial charge is 0.383 e. The van der Waals surface area contributed by atoms with Gasteiger partial charge in [-0.25, -0.2) is 9.97 Å². The normalized spacial score (nSPS) is 11.4. The third kappa shape index (κ3) is 3.54. The minimum Gasteiger partial charge on any atom is -0.383 e. The highest BCUT2D eigenvalue weighted by molar-refractivity contribution is 6.16. The van der Waals surface area contributed by atoms with E-state index in [0.29, 0.717) is 27.9 Å². The minimum atomic E-state index is -0.378. The predicted molar refractivity (Wildman–Crippen MR) is 126 cm³/mol. The lowest BCUT2D eigenvalue weighted by Crippen LogP contribution is -2.14. The zero-order valence-electron chi connectivity index (χ0n) is 17.2. The van der Waals surface area contributed by atoms with Crippen molar-refractivity contribution in [1.29, 1.82) is 0 Å². The quantitative estimate of drug-likeness (QED) is 0.426. The van der Waals surface area contributed by atoms with Crippen molar-refractivity contribution in [2.75, 3.05) is 11.1 Å². The van der Waals surface area contributed by atoms with Gasteiger partial charge >= 0.3 is 0 Å². The van der Waals surface area contributed by atoms with Gasteiger partial charge in [0.05, 0.1) is 17.2 Å². The maximum atomic E-state index is 13.2. The first-order chi connectivity index (χ1) is 15.6. The monoisotopic (exact) mass is 421 g/mol. The molecule has 2 aromatic carbocycles. The van der Waals surface area contributed by atoms with E-state index in [0.717, 1.165) is 11.1 Å². The van der Waals surface area contributed by atoms with E-state index >= 15 is 0 Å². The predicted octanol–water partition coefficient (Wildman–Crippen LogP) is 4.00. The number of nitrogen functional groups attached to an aromatic ring is 1. The first-order valence-corrected chi connectivity index (χ1v) is 9.99. The Labute approximate surface area is 183 Å². The standard InChI is InChI=1S/C24H19N7O/c1-15-8-10-17(11-9-15)28-24(32)20-21-23(30-19-7-3-2-6-18(19)29-21)31(22(20)25)27-14-16-5-4-12-26-13-16/h2-14H,25H2,1H3,(H,28,32)/b27-14+. The molecule has 0 aliphatic carbocycles. The Hall–Kier alpha value is -4.59. The molecule has 0 spiro atoms. The Morgan fingerprint density at radius 2 is 1.78 bits per heavy atom. The lowest BCUT2D eigenvalue weighted by molar-refractivity contribution is 0.102. The van der Waals surface area contributed by atoms with Gasteiger partial charge in [0.15, 0.2) is 5.65 Å². The van der Waals surface area contributed by atoms with Crippen molar-refractivity contribution in [2.24, 2.45) is 5.10 Å². The number of rotatable bonds is 4. The minimum absolute atomic E-state index is 0.153. The van der Waals surface area contributed by atoms with Crippen LogP contribution in [0.1, 0.15) is 21.5 Å². The number of carbonyl (C=O) groups is 1. The highest BCUT2D eigenvalue weighted by Gasteiger charge is 2.24. The van der Waals surface area contributed by atoms with Crippen molar-refractivity contribution >= 4 is 45.8 Å². The van der Waals surface area contributed by atoms with Gasteiger partial charge in [0.25, 0.3) is 5.91 Å². The van der Waals surface area contributed by atoms with E-state index in [1.165, 1.54) is 4.68 Å². The van der Waals surface area contributed by atoms with E-state index in [4.69, 9.17) is 5.73 Å². The zero-order chi connectivity index (χ0) is 22.1. The number of hydrogen-bond acceptors (Lipinski definition) is 6. The second-order valence-corrected chi connectivity index (χ2v) is 7.31. The zero-order valence-corrected chi connectivity index (χ0v) is 17.2. The molecule has 8 nitrogen and oxygen atoms in total. The van der Waals surface area contributed by atoms with Crippen molar-refractivity contribution in [1.82, 2.24) is 19.6 Å². The summed E-state index contributed by atoms with van der Waals surface area (Å²) in [5.41, 5.74) is 11.3. The van der Waals surface area contributed by atoms with E-state index in [1.807, 2.05) is 67.6 Å². The maximum Gasteiger partial charge on any atom is 0.261 e. The van der Waals surface area contributed by atoms with Crippen LogP contribution in [0.2, 0.25) is 0 Å². The van der Waals surface area contributed by atoms with Crippen LogP contribution in [0.3, 0.4) is 0 Å². The molecule has 0 aliphatic rings. The number of aryl methyl sites for hydroxylation is 1. The molecule has 3 heterocycles. The van der Waals surface area contributed by atoms with Gasteiger partial charge in [0.2, 0.25) is 0 Å². The summed E-state index contributed by atoms with van der Waals surface area (Å²) in [6.45, 7) is 1.98. The van der Waals surface area contributed by atoms with Gasteiger partial charge in [-0.1, -0.05) is 35.9 Å². The van der Waals surface area contributed by atoms with Gasteiger partial charge < -0.3 is 11.1 Å². The Balaban J connectivity index is 1.66. The second-order valence-electron chi connectivity index (χ2n) is 7.31. The molecule has 0 saturated heterocycles. The lowest BCUT2D eigenvalue weighted by Gasteiger charge is -2.06. The maximum absolute atomic E-state index is 13.2. The molecule has 3 N–H and O–H groups in total. The van der Waals surface area contributed by atoms with Crippen LogP contribution in [0.25, 0.3) is 22.2 Å². The van der Waals surface area contributed by atoms with Crippen molar-refractivity contribution in [2.45, 2.75) is 6.92 Å². The number of fused-ring (bicyclic) bond motifs is 2. The Morgan fingerprint density at radius 1 is 1.03 bits per heavy atom. The summed E-state index contributed by atoms with van der Waals surface area (Å²) >= 11 is 0. The summed E-state index contributed by atoms with van der Waals surface area (Å²) < 4.78 is 1.44. The van der Waals surface area contributed by atoms with Crippen LogP contribution < -0.4 is 11.1 Å². The number of anilines is 2. The van der Waals surface area contributed by atoms with Crippen molar-refractivity contribution in [3.05, 3.63) is 89.7 Å². The second kappa shape index (κ2) is 7.92. The summed E-state index contributed by atoms with van der Waals surface area (Å²) in [7, 11) is 0. The molecule has 8 heteroatoms. The van der Waals surface area contributed by atoms with Gasteiger partial charge in [-0.2, -0.15) is 9.78 Å². The molecule has 1 amide bonds. The smallest absolute Gasteiger partial charge is 0.261 e. The Kier molecular flexibility index (Phi) is 4.79. The van der Waals surface area contributed by atoms with Gasteiger partial charge in [0, 0.05) is 23.6 Å². The van der Waals surface area contributed by atoms with Gasteiger partial charge in [-0.05, 0) is 37.3 Å². The molecule has 5 rings (SSSR count). The molecule has 32 heavy (non-hydrogen) atoms. The lowest BCUT2D eigenvalue weighted by atomic mass is 10.2. The number of amides is 1. The molecule has 3 aromatic heterocycles. The van der Waals surface area contributed by atoms with Crippen LogP contribution in [0.15, 0.2) is 78.2 Å². The van der Waals surface area contributed by atoms with E-state index in [-0.39, 0.29) is 17.3 Å². The van der Waals surface area contributed by atoms with Gasteiger partial charge in [0.1, 0.15) is 16.9 Å². The van der Waals surface area contributed by atoms with Gasteiger partial charge in [-0.3, -0.25) is 9.78 Å². The summed E-state index contributed by atoms with van der Waals surface area (Å²) in [5.74, 6) is -0.226. The van der Waals surface area contributed by atoms with Crippen LogP contribution in [0.5, 0.6) is 0 Å². The molecular formula is C24H19N7O. The first kappa shape index (κ1) is 19.4. The molecular weight excluding hydrogens is 402 g/mol. The van der Waals surface area contributed by atoms with E-state index in [9.17, 15) is 4.79 Å². The average molecular weight is 421 g/mol. The number of hydrogen-bond donors (Lipinski definition) is 2. The van der Waals surface area contributed by atoms with E-state index < -0.39 is 0 Å². The topological polar surface area (TPSA) is 111 Å². The fourth-order valence-corrected chi connectivity index (χ4v) is 3.40. The molecule has 0 aliphatic heterocycles. The van der Waals surface area contributed by atoms with Crippen molar-refractivity contribution < 1.29 is 4.79 Å². The average Bonchev–Trinajstić information content (AvgIpc) is 3.08. The fraction of sp³-hybridized carbons (Fsp3) is 0.0417. The number of carbonyl (C=O) groups excluding carboxylic acids is 1. The van der Waals surface area contributed by atoms with Gasteiger partial charge in [-0.15, -0.1) is 0 Å². The third-order valence-corrected chi connectivity index (χ3v) is 5.02.